The van der Waals surface area contributed by atoms with Gasteiger partial charge < -0.3 is 9.47 Å². The molecule has 0 saturated carbocycles. The van der Waals surface area contributed by atoms with Gasteiger partial charge in [-0.15, -0.1) is 0 Å². The Bertz CT molecular complexity index is 938. The Morgan fingerprint density at radius 1 is 0.960 bits per heavy atom. The van der Waals surface area contributed by atoms with Crippen molar-refractivity contribution < 1.29 is 4.79 Å². The van der Waals surface area contributed by atoms with Crippen molar-refractivity contribution in [2.24, 2.45) is 5.92 Å². The Labute approximate surface area is 146 Å². The maximum absolute atomic E-state index is 12.9. The smallest absolute Gasteiger partial charge is 0.242 e. The van der Waals surface area contributed by atoms with E-state index in [2.05, 4.69) is 6.92 Å². The van der Waals surface area contributed by atoms with Gasteiger partial charge in [0.1, 0.15) is 6.54 Å². The van der Waals surface area contributed by atoms with E-state index < -0.39 is 0 Å². The SMILES string of the molecule is CC1CCN(C(=O)Cn2c3ccccc3c(=O)c3ccccc32)CC1. The van der Waals surface area contributed by atoms with Crippen LogP contribution in [0.1, 0.15) is 19.8 Å². The lowest BCUT2D eigenvalue weighted by atomic mass is 9.99. The molecular formula is C21H22N2O2. The summed E-state index contributed by atoms with van der Waals surface area (Å²) < 4.78 is 1.99. The zero-order valence-electron chi connectivity index (χ0n) is 14.4. The minimum atomic E-state index is 0.0293. The topological polar surface area (TPSA) is 42.3 Å². The van der Waals surface area contributed by atoms with Crippen molar-refractivity contribution in [3.63, 3.8) is 0 Å². The number of carbonyl (C=O) groups excluding carboxylic acids is 1. The number of benzene rings is 2. The Morgan fingerprint density at radius 3 is 2.04 bits per heavy atom. The molecule has 1 aliphatic rings. The second-order valence-corrected chi connectivity index (χ2v) is 7.01. The molecule has 0 unspecified atom stereocenters. The second kappa shape index (κ2) is 6.36. The zero-order valence-corrected chi connectivity index (χ0v) is 14.4. The summed E-state index contributed by atoms with van der Waals surface area (Å²) in [6.07, 6.45) is 2.13. The van der Waals surface area contributed by atoms with Gasteiger partial charge in [0.05, 0.1) is 11.0 Å². The van der Waals surface area contributed by atoms with Gasteiger partial charge >= 0.3 is 0 Å². The lowest BCUT2D eigenvalue weighted by Crippen LogP contribution is -2.40. The molecule has 4 heteroatoms. The van der Waals surface area contributed by atoms with E-state index >= 15 is 0 Å². The molecule has 0 spiro atoms. The quantitative estimate of drug-likeness (QED) is 0.674. The van der Waals surface area contributed by atoms with Crippen molar-refractivity contribution >= 4 is 27.7 Å². The minimum absolute atomic E-state index is 0.0293. The van der Waals surface area contributed by atoms with Gasteiger partial charge in [-0.1, -0.05) is 31.2 Å². The molecule has 0 aliphatic carbocycles. The number of para-hydroxylation sites is 2. The maximum Gasteiger partial charge on any atom is 0.242 e. The highest BCUT2D eigenvalue weighted by Crippen LogP contribution is 2.21. The first-order valence-corrected chi connectivity index (χ1v) is 8.93. The predicted octanol–water partition coefficient (Wildman–Crippen LogP) is 3.41. The van der Waals surface area contributed by atoms with Gasteiger partial charge in [-0.25, -0.2) is 0 Å². The van der Waals surface area contributed by atoms with Crippen LogP contribution < -0.4 is 5.43 Å². The lowest BCUT2D eigenvalue weighted by molar-refractivity contribution is -0.133. The van der Waals surface area contributed by atoms with Gasteiger partial charge in [0.15, 0.2) is 5.43 Å². The monoisotopic (exact) mass is 334 g/mol. The Balaban J connectivity index is 1.81. The standard InChI is InChI=1S/C21H22N2O2/c1-15-10-12-22(13-11-15)20(24)14-23-18-8-4-2-6-16(18)21(25)17-7-3-5-9-19(17)23/h2-9,15H,10-14H2,1H3. The third kappa shape index (κ3) is 2.82. The molecule has 1 amide bonds. The molecule has 1 saturated heterocycles. The molecular weight excluding hydrogens is 312 g/mol. The van der Waals surface area contributed by atoms with Crippen LogP contribution in [0.5, 0.6) is 0 Å². The number of hydrogen-bond acceptors (Lipinski definition) is 2. The van der Waals surface area contributed by atoms with Gasteiger partial charge in [-0.05, 0) is 43.0 Å². The van der Waals surface area contributed by atoms with E-state index in [1.165, 1.54) is 0 Å². The fourth-order valence-corrected chi connectivity index (χ4v) is 3.74. The van der Waals surface area contributed by atoms with Crippen LogP contribution >= 0.6 is 0 Å². The lowest BCUT2D eigenvalue weighted by Gasteiger charge is -2.31. The van der Waals surface area contributed by atoms with E-state index in [0.717, 1.165) is 37.0 Å². The summed E-state index contributed by atoms with van der Waals surface area (Å²) in [5.74, 6) is 0.823. The molecule has 4 rings (SSSR count). The number of carbonyl (C=O) groups is 1. The van der Waals surface area contributed by atoms with E-state index in [4.69, 9.17) is 0 Å². The summed E-state index contributed by atoms with van der Waals surface area (Å²) in [5, 5.41) is 1.34. The molecule has 1 aliphatic heterocycles. The van der Waals surface area contributed by atoms with E-state index in [0.29, 0.717) is 16.7 Å². The summed E-state index contributed by atoms with van der Waals surface area (Å²) in [7, 11) is 0. The van der Waals surface area contributed by atoms with Gasteiger partial charge in [0.2, 0.25) is 5.91 Å². The van der Waals surface area contributed by atoms with Crippen molar-refractivity contribution in [2.45, 2.75) is 26.3 Å². The Kier molecular flexibility index (Phi) is 4.04. The van der Waals surface area contributed by atoms with Crippen LogP contribution in [0.2, 0.25) is 0 Å². The molecule has 1 fully saturated rings. The fraction of sp³-hybridized carbons (Fsp3) is 0.333. The highest BCUT2D eigenvalue weighted by atomic mass is 16.2. The van der Waals surface area contributed by atoms with E-state index in [1.54, 1.807) is 0 Å². The summed E-state index contributed by atoms with van der Waals surface area (Å²) in [4.78, 5) is 27.6. The minimum Gasteiger partial charge on any atom is -0.341 e. The van der Waals surface area contributed by atoms with Crippen LogP contribution in [0, 0.1) is 5.92 Å². The van der Waals surface area contributed by atoms with Gasteiger partial charge in [0, 0.05) is 23.9 Å². The number of hydrogen-bond donors (Lipinski definition) is 0. The number of likely N-dealkylation sites (tertiary alicyclic amines) is 1. The molecule has 25 heavy (non-hydrogen) atoms. The van der Waals surface area contributed by atoms with E-state index in [-0.39, 0.29) is 17.9 Å². The summed E-state index contributed by atoms with van der Waals surface area (Å²) in [6, 6.07) is 15.1. The fourth-order valence-electron chi connectivity index (χ4n) is 3.74. The number of nitrogens with zero attached hydrogens (tertiary/aromatic N) is 2. The molecule has 128 valence electrons. The number of pyridine rings is 1. The van der Waals surface area contributed by atoms with Gasteiger partial charge in [-0.3, -0.25) is 9.59 Å². The number of aromatic nitrogens is 1. The third-order valence-electron chi connectivity index (χ3n) is 5.31. The molecule has 4 nitrogen and oxygen atoms in total. The number of piperidine rings is 1. The zero-order chi connectivity index (χ0) is 17.4. The van der Waals surface area contributed by atoms with Crippen molar-refractivity contribution in [1.29, 1.82) is 0 Å². The molecule has 0 N–H and O–H groups in total. The number of rotatable bonds is 2. The summed E-state index contributed by atoms with van der Waals surface area (Å²) in [6.45, 7) is 4.17. The van der Waals surface area contributed by atoms with Crippen LogP contribution in [-0.4, -0.2) is 28.5 Å². The number of fused-ring (bicyclic) bond motifs is 2. The Morgan fingerprint density at radius 2 is 1.48 bits per heavy atom. The van der Waals surface area contributed by atoms with E-state index in [1.807, 2.05) is 58.0 Å². The molecule has 0 radical (unpaired) electrons. The highest BCUT2D eigenvalue weighted by molar-refractivity contribution is 5.94. The molecule has 2 heterocycles. The van der Waals surface area contributed by atoms with Crippen LogP contribution in [0.4, 0.5) is 0 Å². The number of amides is 1. The molecule has 3 aromatic rings. The molecule has 1 aromatic heterocycles. The van der Waals surface area contributed by atoms with Crippen molar-refractivity contribution in [3.8, 4) is 0 Å². The highest BCUT2D eigenvalue weighted by Gasteiger charge is 2.21. The first kappa shape index (κ1) is 15.9. The van der Waals surface area contributed by atoms with E-state index in [9.17, 15) is 9.59 Å². The largest absolute Gasteiger partial charge is 0.341 e. The average molecular weight is 334 g/mol. The van der Waals surface area contributed by atoms with Crippen molar-refractivity contribution in [2.75, 3.05) is 13.1 Å². The summed E-state index contributed by atoms with van der Waals surface area (Å²) in [5.41, 5.74) is 1.68. The Hall–Kier alpha value is -2.62. The van der Waals surface area contributed by atoms with Gasteiger partial charge in [-0.2, -0.15) is 0 Å². The van der Waals surface area contributed by atoms with Crippen molar-refractivity contribution in [1.82, 2.24) is 9.47 Å². The van der Waals surface area contributed by atoms with Crippen molar-refractivity contribution in [3.05, 3.63) is 58.8 Å². The molecule has 0 atom stereocenters. The van der Waals surface area contributed by atoms with Gasteiger partial charge in [0.25, 0.3) is 0 Å². The molecule has 0 bridgehead atoms. The average Bonchev–Trinajstić information content (AvgIpc) is 2.65. The normalized spacial score (nSPS) is 15.8. The van der Waals surface area contributed by atoms with Crippen LogP contribution in [-0.2, 0) is 11.3 Å². The first-order chi connectivity index (χ1) is 12.1. The first-order valence-electron chi connectivity index (χ1n) is 8.93. The third-order valence-corrected chi connectivity index (χ3v) is 5.31. The van der Waals surface area contributed by atoms with Crippen LogP contribution in [0.15, 0.2) is 53.3 Å². The predicted molar refractivity (Wildman–Crippen MR) is 101 cm³/mol. The van der Waals surface area contributed by atoms with Crippen LogP contribution in [0.25, 0.3) is 21.8 Å². The molecule has 2 aromatic carbocycles. The maximum atomic E-state index is 12.9. The van der Waals surface area contributed by atoms with Crippen LogP contribution in [0.3, 0.4) is 0 Å². The summed E-state index contributed by atoms with van der Waals surface area (Å²) >= 11 is 0. The second-order valence-electron chi connectivity index (χ2n) is 7.01.